The van der Waals surface area contributed by atoms with Gasteiger partial charge in [0.25, 0.3) is 0 Å². The third-order valence-corrected chi connectivity index (χ3v) is 5.33. The predicted octanol–water partition coefficient (Wildman–Crippen LogP) is 3.60. The molecule has 0 heterocycles. The third kappa shape index (κ3) is 5.49. The molecule has 0 radical (unpaired) electrons. The second-order valence-electron chi connectivity index (χ2n) is 5.84. The van der Waals surface area contributed by atoms with Gasteiger partial charge in [0.05, 0.1) is 0 Å². The number of carbonyl (C=O) groups excluding carboxylic acids is 1. The molecule has 0 aliphatic heterocycles. The molecule has 3 unspecified atom stereocenters. The number of halogens is 1. The van der Waals surface area contributed by atoms with Crippen LogP contribution in [0.1, 0.15) is 49.8 Å². The zero-order chi connectivity index (χ0) is 15.2. The smallest absolute Gasteiger partial charge is 0.241 e. The number of hydrogen-bond acceptors (Lipinski definition) is 3. The van der Waals surface area contributed by atoms with E-state index in [-0.39, 0.29) is 24.4 Å². The van der Waals surface area contributed by atoms with E-state index in [2.05, 4.69) is 12.2 Å². The molecule has 2 rings (SSSR count). The van der Waals surface area contributed by atoms with Gasteiger partial charge in [-0.05, 0) is 37.5 Å². The Morgan fingerprint density at radius 3 is 2.68 bits per heavy atom. The third-order valence-electron chi connectivity index (χ3n) is 4.09. The van der Waals surface area contributed by atoms with Crippen molar-refractivity contribution in [2.24, 2.45) is 5.73 Å². The van der Waals surface area contributed by atoms with Gasteiger partial charge < -0.3 is 11.1 Å². The van der Waals surface area contributed by atoms with E-state index in [1.165, 1.54) is 18.4 Å². The first-order chi connectivity index (χ1) is 10.1. The Hall–Kier alpha value is -0.710. The van der Waals surface area contributed by atoms with E-state index in [1.54, 1.807) is 0 Å². The number of hydrogen-bond donors (Lipinski definition) is 2. The first-order valence-corrected chi connectivity index (χ1v) is 8.89. The number of amides is 1. The number of rotatable bonds is 5. The Labute approximate surface area is 144 Å². The van der Waals surface area contributed by atoms with Crippen LogP contribution >= 0.6 is 24.2 Å². The SMILES string of the molecule is CCSC1CCCC(NC(=O)C(N)c2ccc(C)cc2)C1.Cl. The van der Waals surface area contributed by atoms with Gasteiger partial charge in [0.15, 0.2) is 0 Å². The highest BCUT2D eigenvalue weighted by atomic mass is 35.5. The summed E-state index contributed by atoms with van der Waals surface area (Å²) in [7, 11) is 0. The summed E-state index contributed by atoms with van der Waals surface area (Å²) in [5, 5.41) is 3.83. The van der Waals surface area contributed by atoms with Gasteiger partial charge in [-0.3, -0.25) is 4.79 Å². The minimum absolute atomic E-state index is 0. The number of aryl methyl sites for hydroxylation is 1. The van der Waals surface area contributed by atoms with Crippen molar-refractivity contribution in [3.8, 4) is 0 Å². The first kappa shape index (κ1) is 19.3. The van der Waals surface area contributed by atoms with Gasteiger partial charge in [-0.15, -0.1) is 12.4 Å². The lowest BCUT2D eigenvalue weighted by Gasteiger charge is -2.30. The molecule has 1 fully saturated rings. The van der Waals surface area contributed by atoms with Crippen molar-refractivity contribution in [1.82, 2.24) is 5.32 Å². The molecule has 3 N–H and O–H groups in total. The number of benzene rings is 1. The van der Waals surface area contributed by atoms with E-state index < -0.39 is 6.04 Å². The van der Waals surface area contributed by atoms with Crippen molar-refractivity contribution < 1.29 is 4.79 Å². The maximum Gasteiger partial charge on any atom is 0.241 e. The van der Waals surface area contributed by atoms with Gasteiger partial charge in [-0.2, -0.15) is 11.8 Å². The van der Waals surface area contributed by atoms with E-state index in [0.717, 1.165) is 24.2 Å². The van der Waals surface area contributed by atoms with Crippen molar-refractivity contribution in [1.29, 1.82) is 0 Å². The van der Waals surface area contributed by atoms with Crippen LogP contribution in [0.25, 0.3) is 0 Å². The van der Waals surface area contributed by atoms with Crippen LogP contribution < -0.4 is 11.1 Å². The van der Waals surface area contributed by atoms with Crippen LogP contribution in [0.2, 0.25) is 0 Å². The van der Waals surface area contributed by atoms with Crippen LogP contribution in [0.15, 0.2) is 24.3 Å². The van der Waals surface area contributed by atoms with Crippen LogP contribution in [-0.4, -0.2) is 23.0 Å². The fourth-order valence-corrected chi connectivity index (χ4v) is 4.05. The summed E-state index contributed by atoms with van der Waals surface area (Å²) in [4.78, 5) is 12.3. The van der Waals surface area contributed by atoms with Gasteiger partial charge in [-0.1, -0.05) is 43.2 Å². The standard InChI is InChI=1S/C17H26N2OS.ClH/c1-3-21-15-6-4-5-14(11-15)19-17(20)16(18)13-9-7-12(2)8-10-13;/h7-10,14-16H,3-6,11,18H2,1-2H3,(H,19,20);1H. The number of carbonyl (C=O) groups is 1. The molecule has 1 aromatic carbocycles. The number of thioether (sulfide) groups is 1. The van der Waals surface area contributed by atoms with Crippen molar-refractivity contribution in [2.75, 3.05) is 5.75 Å². The minimum Gasteiger partial charge on any atom is -0.352 e. The molecule has 1 aliphatic carbocycles. The van der Waals surface area contributed by atoms with Crippen molar-refractivity contribution in [2.45, 2.75) is 56.9 Å². The summed E-state index contributed by atoms with van der Waals surface area (Å²) < 4.78 is 0. The molecule has 22 heavy (non-hydrogen) atoms. The van der Waals surface area contributed by atoms with Crippen LogP contribution in [0.3, 0.4) is 0 Å². The van der Waals surface area contributed by atoms with Gasteiger partial charge in [0.1, 0.15) is 6.04 Å². The van der Waals surface area contributed by atoms with E-state index in [0.29, 0.717) is 5.25 Å². The highest BCUT2D eigenvalue weighted by Crippen LogP contribution is 2.28. The summed E-state index contributed by atoms with van der Waals surface area (Å²) in [6.07, 6.45) is 4.62. The Bertz CT molecular complexity index is 464. The normalized spacial score (nSPS) is 22.5. The summed E-state index contributed by atoms with van der Waals surface area (Å²) in [5.41, 5.74) is 8.14. The molecule has 0 saturated heterocycles. The van der Waals surface area contributed by atoms with Crippen molar-refractivity contribution >= 4 is 30.1 Å². The largest absolute Gasteiger partial charge is 0.352 e. The Balaban J connectivity index is 0.00000242. The van der Waals surface area contributed by atoms with Crippen molar-refractivity contribution in [3.05, 3.63) is 35.4 Å². The molecule has 124 valence electrons. The molecule has 3 nitrogen and oxygen atoms in total. The second-order valence-corrected chi connectivity index (χ2v) is 7.42. The summed E-state index contributed by atoms with van der Waals surface area (Å²) in [5.74, 6) is 1.10. The average molecular weight is 343 g/mol. The van der Waals surface area contributed by atoms with E-state index in [9.17, 15) is 4.79 Å². The Morgan fingerprint density at radius 2 is 2.05 bits per heavy atom. The lowest BCUT2D eigenvalue weighted by molar-refractivity contribution is -0.123. The maximum absolute atomic E-state index is 12.3. The Morgan fingerprint density at radius 1 is 1.36 bits per heavy atom. The van der Waals surface area contributed by atoms with Gasteiger partial charge in [-0.25, -0.2) is 0 Å². The fourth-order valence-electron chi connectivity index (χ4n) is 2.88. The first-order valence-electron chi connectivity index (χ1n) is 7.84. The Kier molecular flexibility index (Phi) is 8.29. The van der Waals surface area contributed by atoms with E-state index in [4.69, 9.17) is 5.73 Å². The summed E-state index contributed by atoms with van der Waals surface area (Å²) in [6.45, 7) is 4.23. The average Bonchev–Trinajstić information content (AvgIpc) is 2.48. The summed E-state index contributed by atoms with van der Waals surface area (Å²) >= 11 is 2.01. The van der Waals surface area contributed by atoms with E-state index in [1.807, 2.05) is 43.0 Å². The number of nitrogens with one attached hydrogen (secondary N) is 1. The van der Waals surface area contributed by atoms with Gasteiger partial charge >= 0.3 is 0 Å². The molecule has 1 aliphatic rings. The minimum atomic E-state index is -0.565. The molecule has 3 atom stereocenters. The lowest BCUT2D eigenvalue weighted by atomic mass is 9.94. The van der Waals surface area contributed by atoms with Gasteiger partial charge in [0, 0.05) is 11.3 Å². The molecule has 1 saturated carbocycles. The van der Waals surface area contributed by atoms with Crippen LogP contribution in [0, 0.1) is 6.92 Å². The molecular weight excluding hydrogens is 316 g/mol. The van der Waals surface area contributed by atoms with Crippen LogP contribution in [0.4, 0.5) is 0 Å². The molecule has 0 bridgehead atoms. The second kappa shape index (κ2) is 9.43. The zero-order valence-electron chi connectivity index (χ0n) is 13.4. The van der Waals surface area contributed by atoms with Crippen LogP contribution in [-0.2, 0) is 4.79 Å². The fraction of sp³-hybridized carbons (Fsp3) is 0.588. The van der Waals surface area contributed by atoms with Crippen molar-refractivity contribution in [3.63, 3.8) is 0 Å². The molecular formula is C17H27ClN2OS. The topological polar surface area (TPSA) is 55.1 Å². The van der Waals surface area contributed by atoms with Gasteiger partial charge in [0.2, 0.25) is 5.91 Å². The lowest BCUT2D eigenvalue weighted by Crippen LogP contribution is -2.43. The monoisotopic (exact) mass is 342 g/mol. The molecule has 1 aromatic rings. The van der Waals surface area contributed by atoms with E-state index >= 15 is 0 Å². The molecule has 5 heteroatoms. The molecule has 1 amide bonds. The highest BCUT2D eigenvalue weighted by molar-refractivity contribution is 7.99. The predicted molar refractivity (Wildman–Crippen MR) is 97.7 cm³/mol. The quantitative estimate of drug-likeness (QED) is 0.859. The molecule has 0 spiro atoms. The number of nitrogens with two attached hydrogens (primary N) is 1. The zero-order valence-corrected chi connectivity index (χ0v) is 15.0. The molecule has 0 aromatic heterocycles. The van der Waals surface area contributed by atoms with Crippen LogP contribution in [0.5, 0.6) is 0 Å². The maximum atomic E-state index is 12.3. The summed E-state index contributed by atoms with van der Waals surface area (Å²) in [6, 6.07) is 7.59. The highest BCUT2D eigenvalue weighted by Gasteiger charge is 2.25.